The average molecular weight is 306 g/mol. The standard InChI is InChI=1S/C19H31NS/c1-5-19(6-2,21-4)14-20-15(3)17-12-11-16-9-7-8-10-18(16)13-17/h11-13,15,20H,5-10,14H2,1-4H3. The van der Waals surface area contributed by atoms with E-state index in [0.717, 1.165) is 6.54 Å². The molecule has 1 aromatic carbocycles. The van der Waals surface area contributed by atoms with E-state index in [-0.39, 0.29) is 0 Å². The van der Waals surface area contributed by atoms with Gasteiger partial charge >= 0.3 is 0 Å². The van der Waals surface area contributed by atoms with E-state index in [0.29, 0.717) is 10.8 Å². The van der Waals surface area contributed by atoms with Gasteiger partial charge in [-0.2, -0.15) is 11.8 Å². The van der Waals surface area contributed by atoms with Crippen molar-refractivity contribution in [1.82, 2.24) is 5.32 Å². The molecule has 0 amide bonds. The molecule has 118 valence electrons. The van der Waals surface area contributed by atoms with Crippen LogP contribution in [0.3, 0.4) is 0 Å². The number of thioether (sulfide) groups is 1. The third-order valence-corrected chi connectivity index (χ3v) is 6.91. The first kappa shape index (κ1) is 16.9. The topological polar surface area (TPSA) is 12.0 Å². The number of fused-ring (bicyclic) bond motifs is 1. The van der Waals surface area contributed by atoms with Crippen molar-refractivity contribution in [2.24, 2.45) is 0 Å². The van der Waals surface area contributed by atoms with Crippen molar-refractivity contribution in [2.45, 2.75) is 70.1 Å². The van der Waals surface area contributed by atoms with E-state index in [9.17, 15) is 0 Å². The van der Waals surface area contributed by atoms with Crippen LogP contribution in [-0.2, 0) is 12.8 Å². The molecule has 1 aliphatic rings. The van der Waals surface area contributed by atoms with E-state index in [4.69, 9.17) is 0 Å². The van der Waals surface area contributed by atoms with Gasteiger partial charge in [-0.05, 0) is 68.4 Å². The largest absolute Gasteiger partial charge is 0.309 e. The van der Waals surface area contributed by atoms with Crippen LogP contribution in [0, 0.1) is 0 Å². The van der Waals surface area contributed by atoms with Gasteiger partial charge in [0.1, 0.15) is 0 Å². The summed E-state index contributed by atoms with van der Waals surface area (Å²) in [5, 5.41) is 3.78. The second-order valence-corrected chi connectivity index (χ2v) is 7.71. The van der Waals surface area contributed by atoms with Gasteiger partial charge < -0.3 is 5.32 Å². The first-order valence-electron chi connectivity index (χ1n) is 8.54. The maximum absolute atomic E-state index is 3.78. The van der Waals surface area contributed by atoms with Crippen LogP contribution >= 0.6 is 11.8 Å². The highest BCUT2D eigenvalue weighted by molar-refractivity contribution is 8.00. The SMILES string of the molecule is CCC(CC)(CNC(C)c1ccc2c(c1)CCCC2)SC. The number of hydrogen-bond donors (Lipinski definition) is 1. The Labute approximate surface area is 135 Å². The fourth-order valence-electron chi connectivity index (χ4n) is 3.34. The van der Waals surface area contributed by atoms with Gasteiger partial charge in [0.05, 0.1) is 0 Å². The molecule has 1 N–H and O–H groups in total. The number of hydrogen-bond acceptors (Lipinski definition) is 2. The molecule has 1 unspecified atom stereocenters. The van der Waals surface area contributed by atoms with E-state index in [2.05, 4.69) is 50.5 Å². The molecule has 0 radical (unpaired) electrons. The van der Waals surface area contributed by atoms with Crippen LogP contribution in [0.2, 0.25) is 0 Å². The Balaban J connectivity index is 2.01. The van der Waals surface area contributed by atoms with Gasteiger partial charge in [0.25, 0.3) is 0 Å². The molecule has 0 aromatic heterocycles. The van der Waals surface area contributed by atoms with Crippen molar-refractivity contribution in [3.63, 3.8) is 0 Å². The van der Waals surface area contributed by atoms with Crippen LogP contribution in [0.1, 0.15) is 69.2 Å². The summed E-state index contributed by atoms with van der Waals surface area (Å²) in [7, 11) is 0. The summed E-state index contributed by atoms with van der Waals surface area (Å²) in [6.45, 7) is 8.02. The third kappa shape index (κ3) is 4.04. The summed E-state index contributed by atoms with van der Waals surface area (Å²) >= 11 is 2.01. The Hall–Kier alpha value is -0.470. The zero-order valence-electron chi connectivity index (χ0n) is 14.2. The fourth-order valence-corrected chi connectivity index (χ4v) is 4.15. The molecular weight excluding hydrogens is 274 g/mol. The molecule has 1 aromatic rings. The molecule has 1 atom stereocenters. The number of nitrogens with one attached hydrogen (secondary N) is 1. The maximum atomic E-state index is 3.78. The minimum Gasteiger partial charge on any atom is -0.309 e. The zero-order valence-corrected chi connectivity index (χ0v) is 15.0. The Morgan fingerprint density at radius 1 is 1.14 bits per heavy atom. The minimum atomic E-state index is 0.391. The molecule has 0 bridgehead atoms. The molecule has 1 aliphatic carbocycles. The highest BCUT2D eigenvalue weighted by Gasteiger charge is 2.25. The lowest BCUT2D eigenvalue weighted by atomic mass is 9.89. The van der Waals surface area contributed by atoms with Gasteiger partial charge in [0, 0.05) is 17.3 Å². The molecule has 2 heteroatoms. The number of aryl methyl sites for hydroxylation is 2. The molecule has 0 fully saturated rings. The fraction of sp³-hybridized carbons (Fsp3) is 0.684. The summed E-state index contributed by atoms with van der Waals surface area (Å²) in [5.41, 5.74) is 4.63. The van der Waals surface area contributed by atoms with Crippen molar-refractivity contribution in [3.05, 3.63) is 34.9 Å². The van der Waals surface area contributed by atoms with Gasteiger partial charge in [-0.15, -0.1) is 0 Å². The lowest BCUT2D eigenvalue weighted by molar-refractivity contribution is 0.459. The zero-order chi connectivity index (χ0) is 15.3. The minimum absolute atomic E-state index is 0.391. The third-order valence-electron chi connectivity index (χ3n) is 5.32. The summed E-state index contributed by atoms with van der Waals surface area (Å²) < 4.78 is 0.391. The molecule has 0 saturated carbocycles. The first-order chi connectivity index (χ1) is 10.1. The van der Waals surface area contributed by atoms with Gasteiger partial charge in [0.15, 0.2) is 0 Å². The van der Waals surface area contributed by atoms with E-state index >= 15 is 0 Å². The predicted molar refractivity (Wildman–Crippen MR) is 96.3 cm³/mol. The molecule has 0 spiro atoms. The normalized spacial score (nSPS) is 16.6. The van der Waals surface area contributed by atoms with Crippen molar-refractivity contribution in [3.8, 4) is 0 Å². The van der Waals surface area contributed by atoms with Crippen molar-refractivity contribution < 1.29 is 0 Å². The average Bonchev–Trinajstić information content (AvgIpc) is 2.56. The Morgan fingerprint density at radius 3 is 2.43 bits per heavy atom. The second kappa shape index (κ2) is 7.69. The lowest BCUT2D eigenvalue weighted by Gasteiger charge is -2.32. The summed E-state index contributed by atoms with van der Waals surface area (Å²) in [6, 6.07) is 7.59. The number of benzene rings is 1. The first-order valence-corrected chi connectivity index (χ1v) is 9.77. The molecule has 0 aliphatic heterocycles. The summed E-state index contributed by atoms with van der Waals surface area (Å²) in [5.74, 6) is 0. The monoisotopic (exact) mass is 305 g/mol. The van der Waals surface area contributed by atoms with E-state index in [1.807, 2.05) is 11.8 Å². The molecule has 1 nitrogen and oxygen atoms in total. The Kier molecular flexibility index (Phi) is 6.19. The van der Waals surface area contributed by atoms with Crippen LogP contribution in [-0.4, -0.2) is 17.5 Å². The number of rotatable bonds is 7. The second-order valence-electron chi connectivity index (χ2n) is 6.43. The van der Waals surface area contributed by atoms with Crippen molar-refractivity contribution in [1.29, 1.82) is 0 Å². The van der Waals surface area contributed by atoms with Gasteiger partial charge in [-0.3, -0.25) is 0 Å². The van der Waals surface area contributed by atoms with E-state index in [1.54, 1.807) is 11.1 Å². The molecular formula is C19H31NS. The highest BCUT2D eigenvalue weighted by atomic mass is 32.2. The molecule has 0 heterocycles. The van der Waals surface area contributed by atoms with Crippen molar-refractivity contribution >= 4 is 11.8 Å². The van der Waals surface area contributed by atoms with Gasteiger partial charge in [-0.1, -0.05) is 32.0 Å². The van der Waals surface area contributed by atoms with Gasteiger partial charge in [0.2, 0.25) is 0 Å². The summed E-state index contributed by atoms with van der Waals surface area (Å²) in [6.07, 6.45) is 9.98. The van der Waals surface area contributed by atoms with Crippen LogP contribution < -0.4 is 5.32 Å². The van der Waals surface area contributed by atoms with E-state index in [1.165, 1.54) is 44.1 Å². The predicted octanol–water partition coefficient (Wildman–Crippen LogP) is 5.14. The highest BCUT2D eigenvalue weighted by Crippen LogP contribution is 2.31. The lowest BCUT2D eigenvalue weighted by Crippen LogP contribution is -2.37. The molecule has 21 heavy (non-hydrogen) atoms. The molecule has 2 rings (SSSR count). The quantitative estimate of drug-likeness (QED) is 0.748. The Bertz CT molecular complexity index is 443. The van der Waals surface area contributed by atoms with Crippen LogP contribution in [0.15, 0.2) is 18.2 Å². The summed E-state index contributed by atoms with van der Waals surface area (Å²) in [4.78, 5) is 0. The Morgan fingerprint density at radius 2 is 1.81 bits per heavy atom. The van der Waals surface area contributed by atoms with E-state index < -0.39 is 0 Å². The van der Waals surface area contributed by atoms with Crippen molar-refractivity contribution in [2.75, 3.05) is 12.8 Å². The van der Waals surface area contributed by atoms with Crippen LogP contribution in [0.5, 0.6) is 0 Å². The van der Waals surface area contributed by atoms with Gasteiger partial charge in [-0.25, -0.2) is 0 Å². The van der Waals surface area contributed by atoms with Crippen LogP contribution in [0.25, 0.3) is 0 Å². The smallest absolute Gasteiger partial charge is 0.0292 e. The maximum Gasteiger partial charge on any atom is 0.0292 e. The van der Waals surface area contributed by atoms with Crippen LogP contribution in [0.4, 0.5) is 0 Å². The molecule has 0 saturated heterocycles.